The third-order valence-corrected chi connectivity index (χ3v) is 4.45. The molecule has 0 radical (unpaired) electrons. The van der Waals surface area contributed by atoms with Crippen LogP contribution in [0.4, 0.5) is 0 Å². The molecule has 3 N–H and O–H groups in total. The molecule has 0 aliphatic heterocycles. The second-order valence-electron chi connectivity index (χ2n) is 6.63. The van der Waals surface area contributed by atoms with Crippen molar-refractivity contribution < 1.29 is 29.6 Å². The van der Waals surface area contributed by atoms with Gasteiger partial charge in [0.05, 0.1) is 31.7 Å². The molecule has 2 atom stereocenters. The number of aliphatic hydroxyl groups excluding tert-OH is 2. The number of rotatable bonds is 11. The first-order valence-electron chi connectivity index (χ1n) is 9.67. The van der Waals surface area contributed by atoms with Crippen LogP contribution < -0.4 is 0 Å². The van der Waals surface area contributed by atoms with Crippen LogP contribution in [0.5, 0.6) is 0 Å². The predicted molar refractivity (Wildman–Crippen MR) is 96.2 cm³/mol. The van der Waals surface area contributed by atoms with Crippen molar-refractivity contribution in [1.82, 2.24) is 0 Å². The number of unbranched alkanes of at least 4 members (excludes halogenated alkanes) is 6. The normalized spacial score (nSPS) is 19.6. The Morgan fingerprint density at radius 2 is 1.48 bits per heavy atom. The maximum atomic E-state index is 11.9. The largest absolute Gasteiger partial charge is 0.481 e. The van der Waals surface area contributed by atoms with Crippen molar-refractivity contribution in [2.24, 2.45) is 11.8 Å². The average molecular weight is 360 g/mol. The van der Waals surface area contributed by atoms with Gasteiger partial charge in [0.25, 0.3) is 0 Å². The summed E-state index contributed by atoms with van der Waals surface area (Å²) in [6, 6.07) is 0. The van der Waals surface area contributed by atoms with Crippen molar-refractivity contribution in [3.63, 3.8) is 0 Å². The highest BCUT2D eigenvalue weighted by Gasteiger charge is 2.31. The quantitative estimate of drug-likeness (QED) is 0.386. The molecule has 0 spiro atoms. The molecular weight excluding hydrogens is 324 g/mol. The number of hydrogen-bond acceptors (Lipinski definition) is 5. The van der Waals surface area contributed by atoms with Crippen molar-refractivity contribution in [3.05, 3.63) is 0 Å². The third-order valence-electron chi connectivity index (χ3n) is 4.45. The molecule has 1 aliphatic carbocycles. The van der Waals surface area contributed by atoms with Crippen LogP contribution in [-0.4, -0.2) is 47.1 Å². The Morgan fingerprint density at radius 3 is 2.04 bits per heavy atom. The van der Waals surface area contributed by atoms with E-state index in [1.807, 2.05) is 0 Å². The standard InChI is InChI=1S/C17H30O4.C2H6O2/c1-2-3-4-5-6-7-8-12-21-17(20)15-11-9-10-14(13-15)16(18)19;3-1-2-4/h14-15H,2-13H2,1H3,(H,18,19);3-4H,1-2H2. The molecule has 0 bridgehead atoms. The van der Waals surface area contributed by atoms with Crippen LogP contribution in [0, 0.1) is 11.8 Å². The first-order valence-corrected chi connectivity index (χ1v) is 9.67. The van der Waals surface area contributed by atoms with Crippen LogP contribution in [-0.2, 0) is 14.3 Å². The molecule has 0 aromatic rings. The van der Waals surface area contributed by atoms with E-state index in [0.29, 0.717) is 19.4 Å². The van der Waals surface area contributed by atoms with Crippen molar-refractivity contribution in [2.45, 2.75) is 77.6 Å². The van der Waals surface area contributed by atoms with Gasteiger partial charge in [0.1, 0.15) is 0 Å². The zero-order valence-corrected chi connectivity index (χ0v) is 15.6. The van der Waals surface area contributed by atoms with Crippen LogP contribution in [0.1, 0.15) is 77.6 Å². The van der Waals surface area contributed by atoms with Crippen LogP contribution in [0.3, 0.4) is 0 Å². The minimum atomic E-state index is -0.778. The molecule has 6 heteroatoms. The number of hydrogen-bond donors (Lipinski definition) is 3. The van der Waals surface area contributed by atoms with E-state index in [1.165, 1.54) is 32.1 Å². The number of esters is 1. The fourth-order valence-electron chi connectivity index (χ4n) is 2.98. The predicted octanol–water partition coefficient (Wildman–Crippen LogP) is 3.14. The van der Waals surface area contributed by atoms with Gasteiger partial charge in [0.15, 0.2) is 0 Å². The molecule has 6 nitrogen and oxygen atoms in total. The summed E-state index contributed by atoms with van der Waals surface area (Å²) >= 11 is 0. The van der Waals surface area contributed by atoms with E-state index < -0.39 is 5.97 Å². The molecule has 0 aromatic carbocycles. The summed E-state index contributed by atoms with van der Waals surface area (Å²) in [5.74, 6) is -1.54. The number of ether oxygens (including phenoxy) is 1. The molecule has 2 unspecified atom stereocenters. The zero-order valence-electron chi connectivity index (χ0n) is 15.6. The van der Waals surface area contributed by atoms with E-state index in [2.05, 4.69) is 6.92 Å². The molecule has 0 amide bonds. The van der Waals surface area contributed by atoms with E-state index in [-0.39, 0.29) is 31.0 Å². The lowest BCUT2D eigenvalue weighted by molar-refractivity contribution is -0.152. The number of carboxylic acids is 1. The Balaban J connectivity index is 0.00000129. The Bertz CT molecular complexity index is 343. The van der Waals surface area contributed by atoms with Crippen molar-refractivity contribution in [2.75, 3.05) is 19.8 Å². The molecule has 1 saturated carbocycles. The lowest BCUT2D eigenvalue weighted by Crippen LogP contribution is -2.28. The number of aliphatic hydroxyl groups is 2. The average Bonchev–Trinajstić information content (AvgIpc) is 2.64. The highest BCUT2D eigenvalue weighted by molar-refractivity contribution is 5.75. The molecule has 148 valence electrons. The topological polar surface area (TPSA) is 104 Å². The van der Waals surface area contributed by atoms with Gasteiger partial charge in [-0.15, -0.1) is 0 Å². The highest BCUT2D eigenvalue weighted by atomic mass is 16.5. The molecular formula is C19H36O6. The van der Waals surface area contributed by atoms with Crippen molar-refractivity contribution in [1.29, 1.82) is 0 Å². The summed E-state index contributed by atoms with van der Waals surface area (Å²) in [4.78, 5) is 22.9. The molecule has 0 saturated heterocycles. The Morgan fingerprint density at radius 1 is 0.920 bits per heavy atom. The van der Waals surface area contributed by atoms with Gasteiger partial charge in [-0.05, 0) is 25.7 Å². The van der Waals surface area contributed by atoms with Gasteiger partial charge in [0.2, 0.25) is 0 Å². The second-order valence-corrected chi connectivity index (χ2v) is 6.63. The van der Waals surface area contributed by atoms with E-state index in [0.717, 1.165) is 25.7 Å². The third kappa shape index (κ3) is 12.8. The lowest BCUT2D eigenvalue weighted by atomic mass is 9.81. The molecule has 0 heterocycles. The maximum absolute atomic E-state index is 11.9. The zero-order chi connectivity index (χ0) is 18.9. The van der Waals surface area contributed by atoms with Gasteiger partial charge in [-0.3, -0.25) is 9.59 Å². The van der Waals surface area contributed by atoms with Crippen LogP contribution in [0.25, 0.3) is 0 Å². The van der Waals surface area contributed by atoms with Crippen molar-refractivity contribution >= 4 is 11.9 Å². The van der Waals surface area contributed by atoms with E-state index in [9.17, 15) is 9.59 Å². The first-order chi connectivity index (χ1) is 12.1. The van der Waals surface area contributed by atoms with Crippen LogP contribution in [0.15, 0.2) is 0 Å². The smallest absolute Gasteiger partial charge is 0.308 e. The highest BCUT2D eigenvalue weighted by Crippen LogP contribution is 2.30. The summed E-state index contributed by atoms with van der Waals surface area (Å²) in [5, 5.41) is 24.3. The summed E-state index contributed by atoms with van der Waals surface area (Å²) < 4.78 is 5.31. The lowest BCUT2D eigenvalue weighted by Gasteiger charge is -2.25. The van der Waals surface area contributed by atoms with E-state index >= 15 is 0 Å². The van der Waals surface area contributed by atoms with Gasteiger partial charge in [-0.1, -0.05) is 51.9 Å². The molecule has 1 aliphatic rings. The van der Waals surface area contributed by atoms with Gasteiger partial charge in [0, 0.05) is 0 Å². The second kappa shape index (κ2) is 16.3. The monoisotopic (exact) mass is 360 g/mol. The number of carboxylic acid groups (broad SMARTS) is 1. The van der Waals surface area contributed by atoms with Gasteiger partial charge >= 0.3 is 11.9 Å². The van der Waals surface area contributed by atoms with Gasteiger partial charge in [-0.2, -0.15) is 0 Å². The SMILES string of the molecule is CCCCCCCCCOC(=O)C1CCCC(C(=O)O)C1.OCCO. The van der Waals surface area contributed by atoms with Crippen molar-refractivity contribution in [3.8, 4) is 0 Å². The van der Waals surface area contributed by atoms with Gasteiger partial charge in [-0.25, -0.2) is 0 Å². The number of carbonyl (C=O) groups is 2. The van der Waals surface area contributed by atoms with E-state index in [1.54, 1.807) is 0 Å². The minimum absolute atomic E-state index is 0.125. The van der Waals surface area contributed by atoms with E-state index in [4.69, 9.17) is 20.1 Å². The van der Waals surface area contributed by atoms with Gasteiger partial charge < -0.3 is 20.1 Å². The molecule has 1 rings (SSSR count). The Kier molecular flexibility index (Phi) is 15.6. The summed E-state index contributed by atoms with van der Waals surface area (Å²) in [5.41, 5.74) is 0. The van der Waals surface area contributed by atoms with Crippen LogP contribution >= 0.6 is 0 Å². The molecule has 25 heavy (non-hydrogen) atoms. The molecule has 0 aromatic heterocycles. The fourth-order valence-corrected chi connectivity index (χ4v) is 2.98. The maximum Gasteiger partial charge on any atom is 0.308 e. The van der Waals surface area contributed by atoms with Crippen LogP contribution in [0.2, 0.25) is 0 Å². The minimum Gasteiger partial charge on any atom is -0.481 e. The summed E-state index contributed by atoms with van der Waals surface area (Å²) in [6.07, 6.45) is 11.1. The number of aliphatic carboxylic acids is 1. The summed E-state index contributed by atoms with van der Waals surface area (Å²) in [6.45, 7) is 2.44. The number of carbonyl (C=O) groups excluding carboxylic acids is 1. The Labute approximate surface area is 151 Å². The Hall–Kier alpha value is -1.14. The first kappa shape index (κ1) is 23.9. The summed E-state index contributed by atoms with van der Waals surface area (Å²) in [7, 11) is 0. The molecule has 1 fully saturated rings. The fraction of sp³-hybridized carbons (Fsp3) is 0.895.